The molecule has 7 heteroatoms. The van der Waals surface area contributed by atoms with Gasteiger partial charge in [-0.25, -0.2) is 4.98 Å². The van der Waals surface area contributed by atoms with Gasteiger partial charge in [-0.2, -0.15) is 0 Å². The van der Waals surface area contributed by atoms with Gasteiger partial charge < -0.3 is 9.52 Å². The Hall–Kier alpha value is -1.76. The maximum absolute atomic E-state index is 10.5. The van der Waals surface area contributed by atoms with Gasteiger partial charge in [-0.15, -0.1) is 5.10 Å². The molecular formula is C11H13N3O3S. The van der Waals surface area contributed by atoms with Gasteiger partial charge in [-0.3, -0.25) is 9.89 Å². The molecule has 6 nitrogen and oxygen atoms in total. The third kappa shape index (κ3) is 2.40. The van der Waals surface area contributed by atoms with Crippen molar-refractivity contribution in [1.29, 1.82) is 0 Å². The van der Waals surface area contributed by atoms with Crippen LogP contribution in [-0.2, 0) is 4.79 Å². The summed E-state index contributed by atoms with van der Waals surface area (Å²) in [6, 6.07) is 0. The molecule has 0 amide bonds. The van der Waals surface area contributed by atoms with Crippen LogP contribution in [0.25, 0.3) is 11.4 Å². The summed E-state index contributed by atoms with van der Waals surface area (Å²) in [5.41, 5.74) is 1.90. The molecule has 0 unspecified atom stereocenters. The van der Waals surface area contributed by atoms with Gasteiger partial charge in [0, 0.05) is 5.56 Å². The van der Waals surface area contributed by atoms with Crippen molar-refractivity contribution in [2.24, 2.45) is 0 Å². The number of hydrogen-bond acceptors (Lipinski definition) is 5. The lowest BCUT2D eigenvalue weighted by atomic mass is 10.1. The number of nitrogens with zero attached hydrogens (tertiary/aromatic N) is 2. The number of carbonyl (C=O) groups is 1. The summed E-state index contributed by atoms with van der Waals surface area (Å²) in [6.45, 7) is 5.71. The molecule has 2 N–H and O–H groups in total. The van der Waals surface area contributed by atoms with Crippen LogP contribution in [0.1, 0.15) is 17.1 Å². The Balaban J connectivity index is 2.26. The Morgan fingerprint density at radius 2 is 2.11 bits per heavy atom. The van der Waals surface area contributed by atoms with Crippen molar-refractivity contribution < 1.29 is 14.3 Å². The molecule has 2 aromatic rings. The summed E-state index contributed by atoms with van der Waals surface area (Å²) >= 11 is 1.08. The second kappa shape index (κ2) is 4.85. The molecule has 2 rings (SSSR count). The largest absolute Gasteiger partial charge is 0.481 e. The molecule has 0 saturated heterocycles. The molecule has 0 aliphatic heterocycles. The number of aliphatic carboxylic acids is 1. The third-order valence-electron chi connectivity index (χ3n) is 2.59. The smallest absolute Gasteiger partial charge is 0.313 e. The van der Waals surface area contributed by atoms with E-state index in [1.807, 2.05) is 20.8 Å². The van der Waals surface area contributed by atoms with Gasteiger partial charge in [0.25, 0.3) is 0 Å². The summed E-state index contributed by atoms with van der Waals surface area (Å²) in [5.74, 6) is 1.28. The fraction of sp³-hybridized carbons (Fsp3) is 0.364. The van der Waals surface area contributed by atoms with E-state index in [-0.39, 0.29) is 5.75 Å². The number of thioether (sulfide) groups is 1. The molecule has 96 valence electrons. The Kier molecular flexibility index (Phi) is 3.42. The maximum atomic E-state index is 10.5. The Labute approximate surface area is 108 Å². The molecule has 0 aliphatic carbocycles. The van der Waals surface area contributed by atoms with Crippen LogP contribution in [0.2, 0.25) is 0 Å². The fourth-order valence-electron chi connectivity index (χ4n) is 1.69. The van der Waals surface area contributed by atoms with Gasteiger partial charge in [-0.05, 0) is 20.8 Å². The predicted octanol–water partition coefficient (Wildman–Crippen LogP) is 2.17. The van der Waals surface area contributed by atoms with Crippen LogP contribution in [0.5, 0.6) is 0 Å². The average molecular weight is 267 g/mol. The van der Waals surface area contributed by atoms with Crippen LogP contribution in [0.4, 0.5) is 0 Å². The highest BCUT2D eigenvalue weighted by atomic mass is 32.2. The number of nitrogens with one attached hydrogen (secondary N) is 1. The van der Waals surface area contributed by atoms with Crippen molar-refractivity contribution in [3.8, 4) is 11.4 Å². The van der Waals surface area contributed by atoms with Gasteiger partial charge >= 0.3 is 5.97 Å². The molecule has 0 spiro atoms. The number of carboxylic acids is 1. The Morgan fingerprint density at radius 3 is 2.67 bits per heavy atom. The number of aromatic nitrogens is 3. The van der Waals surface area contributed by atoms with E-state index in [1.165, 1.54) is 0 Å². The van der Waals surface area contributed by atoms with E-state index in [0.29, 0.717) is 11.0 Å². The molecule has 2 heterocycles. The van der Waals surface area contributed by atoms with Crippen LogP contribution in [0.15, 0.2) is 9.57 Å². The van der Waals surface area contributed by atoms with Crippen molar-refractivity contribution in [2.75, 3.05) is 5.75 Å². The molecule has 0 fully saturated rings. The highest BCUT2D eigenvalue weighted by Crippen LogP contribution is 2.29. The second-order valence-electron chi connectivity index (χ2n) is 3.86. The van der Waals surface area contributed by atoms with Crippen LogP contribution in [0.3, 0.4) is 0 Å². The van der Waals surface area contributed by atoms with Crippen molar-refractivity contribution >= 4 is 17.7 Å². The molecule has 18 heavy (non-hydrogen) atoms. The number of aryl methyl sites for hydroxylation is 2. The van der Waals surface area contributed by atoms with Gasteiger partial charge in [0.2, 0.25) is 5.16 Å². The predicted molar refractivity (Wildman–Crippen MR) is 66.7 cm³/mol. The normalized spacial score (nSPS) is 10.8. The van der Waals surface area contributed by atoms with E-state index in [0.717, 1.165) is 34.4 Å². The van der Waals surface area contributed by atoms with Gasteiger partial charge in [0.15, 0.2) is 5.82 Å². The maximum Gasteiger partial charge on any atom is 0.313 e. The number of hydrogen-bond donors (Lipinski definition) is 2. The molecule has 0 aromatic carbocycles. The number of H-pyrrole nitrogens is 1. The number of aromatic amines is 1. The Morgan fingerprint density at radius 1 is 1.39 bits per heavy atom. The second-order valence-corrected chi connectivity index (χ2v) is 4.81. The number of furan rings is 1. The van der Waals surface area contributed by atoms with Crippen LogP contribution >= 0.6 is 11.8 Å². The molecule has 0 aliphatic rings. The summed E-state index contributed by atoms with van der Waals surface area (Å²) in [4.78, 5) is 14.7. The minimum atomic E-state index is -0.891. The summed E-state index contributed by atoms with van der Waals surface area (Å²) < 4.78 is 5.52. The summed E-state index contributed by atoms with van der Waals surface area (Å²) in [6.07, 6.45) is 0. The van der Waals surface area contributed by atoms with E-state index < -0.39 is 5.97 Å². The first-order chi connectivity index (χ1) is 8.49. The zero-order chi connectivity index (χ0) is 13.3. The highest BCUT2D eigenvalue weighted by Gasteiger charge is 2.17. The summed E-state index contributed by atoms with van der Waals surface area (Å²) in [7, 11) is 0. The molecule has 0 radical (unpaired) electrons. The first-order valence-electron chi connectivity index (χ1n) is 5.33. The molecule has 0 saturated carbocycles. The van der Waals surface area contributed by atoms with E-state index in [2.05, 4.69) is 15.2 Å². The van der Waals surface area contributed by atoms with Crippen molar-refractivity contribution in [3.63, 3.8) is 0 Å². The molecule has 0 bridgehead atoms. The highest BCUT2D eigenvalue weighted by molar-refractivity contribution is 7.99. The monoisotopic (exact) mass is 267 g/mol. The zero-order valence-electron chi connectivity index (χ0n) is 10.3. The van der Waals surface area contributed by atoms with Crippen molar-refractivity contribution in [1.82, 2.24) is 15.2 Å². The molecule has 0 atom stereocenters. The van der Waals surface area contributed by atoms with Crippen LogP contribution < -0.4 is 0 Å². The fourth-order valence-corrected chi connectivity index (χ4v) is 2.21. The first-order valence-corrected chi connectivity index (χ1v) is 6.31. The van der Waals surface area contributed by atoms with Crippen LogP contribution in [0, 0.1) is 20.8 Å². The first kappa shape index (κ1) is 12.7. The van der Waals surface area contributed by atoms with E-state index >= 15 is 0 Å². The van der Waals surface area contributed by atoms with E-state index in [4.69, 9.17) is 9.52 Å². The number of rotatable bonds is 4. The topological polar surface area (TPSA) is 92.0 Å². The molecular weight excluding hydrogens is 254 g/mol. The van der Waals surface area contributed by atoms with Crippen molar-refractivity contribution in [3.05, 3.63) is 17.1 Å². The standard InChI is InChI=1S/C11H13N3O3S/c1-5-6(2)17-7(3)9(5)10-12-11(14-13-10)18-4-8(15)16/h4H2,1-3H3,(H,15,16)(H,12,13,14). The van der Waals surface area contributed by atoms with Crippen molar-refractivity contribution in [2.45, 2.75) is 25.9 Å². The van der Waals surface area contributed by atoms with E-state index in [9.17, 15) is 4.79 Å². The lowest BCUT2D eigenvalue weighted by Crippen LogP contribution is -1.97. The number of carboxylic acid groups (broad SMARTS) is 1. The van der Waals surface area contributed by atoms with E-state index in [1.54, 1.807) is 0 Å². The SMILES string of the molecule is Cc1oc(C)c(-c2nc(SCC(=O)O)n[nH]2)c1C. The lowest BCUT2D eigenvalue weighted by molar-refractivity contribution is -0.133. The average Bonchev–Trinajstić information content (AvgIpc) is 2.83. The summed E-state index contributed by atoms with van der Waals surface area (Å²) in [5, 5.41) is 15.8. The minimum absolute atomic E-state index is 0.0559. The Bertz CT molecular complexity index is 588. The van der Waals surface area contributed by atoms with Gasteiger partial charge in [-0.1, -0.05) is 11.8 Å². The van der Waals surface area contributed by atoms with Gasteiger partial charge in [0.05, 0.1) is 11.3 Å². The zero-order valence-corrected chi connectivity index (χ0v) is 11.1. The quantitative estimate of drug-likeness (QED) is 0.825. The lowest BCUT2D eigenvalue weighted by Gasteiger charge is -1.94. The van der Waals surface area contributed by atoms with Crippen LogP contribution in [-0.4, -0.2) is 32.0 Å². The third-order valence-corrected chi connectivity index (χ3v) is 3.42. The van der Waals surface area contributed by atoms with Gasteiger partial charge in [0.1, 0.15) is 11.5 Å². The minimum Gasteiger partial charge on any atom is -0.481 e. The molecule has 2 aromatic heterocycles.